The lowest BCUT2D eigenvalue weighted by molar-refractivity contribution is -0.274. The largest absolute Gasteiger partial charge is 0.573 e. The van der Waals surface area contributed by atoms with E-state index in [2.05, 4.69) is 10.1 Å². The van der Waals surface area contributed by atoms with Gasteiger partial charge in [0, 0.05) is 5.69 Å². The van der Waals surface area contributed by atoms with Crippen LogP contribution in [0.1, 0.15) is 37.7 Å². The predicted octanol–water partition coefficient (Wildman–Crippen LogP) is 3.81. The number of hydrogen-bond acceptors (Lipinski definition) is 2. The highest BCUT2D eigenvalue weighted by Crippen LogP contribution is 2.38. The van der Waals surface area contributed by atoms with Crippen LogP contribution in [0.25, 0.3) is 0 Å². The van der Waals surface area contributed by atoms with Crippen molar-refractivity contribution in [2.75, 3.05) is 5.32 Å². The SMILES string of the molecule is CCCCC1C(=O)Nc2ccc(OC(F)(F)F)cc21. The second kappa shape index (κ2) is 5.11. The second-order valence-electron chi connectivity index (χ2n) is 4.48. The molecule has 104 valence electrons. The number of hydrogen-bond donors (Lipinski definition) is 1. The molecular formula is C13H14F3NO2. The van der Waals surface area contributed by atoms with Crippen LogP contribution in [0.5, 0.6) is 5.75 Å². The molecule has 1 amide bonds. The van der Waals surface area contributed by atoms with Crippen molar-refractivity contribution in [3.8, 4) is 5.75 Å². The first-order valence-electron chi connectivity index (χ1n) is 6.11. The number of ether oxygens (including phenoxy) is 1. The lowest BCUT2D eigenvalue weighted by Gasteiger charge is -2.12. The summed E-state index contributed by atoms with van der Waals surface area (Å²) in [6.07, 6.45) is -2.31. The van der Waals surface area contributed by atoms with Gasteiger partial charge in [0.25, 0.3) is 0 Å². The fourth-order valence-corrected chi connectivity index (χ4v) is 2.20. The van der Waals surface area contributed by atoms with Gasteiger partial charge in [-0.2, -0.15) is 0 Å². The number of rotatable bonds is 4. The number of benzene rings is 1. The fraction of sp³-hybridized carbons (Fsp3) is 0.462. The second-order valence-corrected chi connectivity index (χ2v) is 4.48. The smallest absolute Gasteiger partial charge is 0.406 e. The van der Waals surface area contributed by atoms with Crippen LogP contribution in [0.3, 0.4) is 0 Å². The highest BCUT2D eigenvalue weighted by atomic mass is 19.4. The maximum atomic E-state index is 12.2. The van der Waals surface area contributed by atoms with Gasteiger partial charge in [-0.3, -0.25) is 4.79 Å². The Balaban J connectivity index is 2.23. The molecule has 0 saturated heterocycles. The van der Waals surface area contributed by atoms with E-state index in [1.807, 2.05) is 6.92 Å². The van der Waals surface area contributed by atoms with Gasteiger partial charge in [0.2, 0.25) is 5.91 Å². The Morgan fingerprint density at radius 1 is 1.37 bits per heavy atom. The highest BCUT2D eigenvalue weighted by Gasteiger charge is 2.34. The zero-order valence-electron chi connectivity index (χ0n) is 10.4. The Hall–Kier alpha value is -1.72. The van der Waals surface area contributed by atoms with Gasteiger partial charge in [-0.05, 0) is 30.2 Å². The average molecular weight is 273 g/mol. The number of halogens is 3. The topological polar surface area (TPSA) is 38.3 Å². The van der Waals surface area contributed by atoms with Crippen LogP contribution in [-0.2, 0) is 4.79 Å². The molecule has 0 spiro atoms. The van der Waals surface area contributed by atoms with Crippen molar-refractivity contribution in [3.05, 3.63) is 23.8 Å². The third kappa shape index (κ3) is 3.19. The van der Waals surface area contributed by atoms with Crippen molar-refractivity contribution in [1.29, 1.82) is 0 Å². The zero-order valence-corrected chi connectivity index (χ0v) is 10.4. The number of alkyl halides is 3. The Morgan fingerprint density at radius 3 is 2.74 bits per heavy atom. The standard InChI is InChI=1S/C13H14F3NO2/c1-2-3-4-9-10-7-8(19-13(14,15)16)5-6-11(10)17-12(9)18/h5-7,9H,2-4H2,1H3,(H,17,18). The van der Waals surface area contributed by atoms with Crippen LogP contribution in [0.4, 0.5) is 18.9 Å². The van der Waals surface area contributed by atoms with E-state index in [0.717, 1.165) is 12.8 Å². The van der Waals surface area contributed by atoms with E-state index in [1.54, 1.807) is 0 Å². The molecule has 0 aromatic heterocycles. The van der Waals surface area contributed by atoms with Crippen LogP contribution in [-0.4, -0.2) is 12.3 Å². The molecule has 0 saturated carbocycles. The lowest BCUT2D eigenvalue weighted by atomic mass is 9.95. The number of amides is 1. The molecular weight excluding hydrogens is 259 g/mol. The summed E-state index contributed by atoms with van der Waals surface area (Å²) in [7, 11) is 0. The molecule has 1 aliphatic heterocycles. The molecule has 1 aromatic rings. The third-order valence-corrected chi connectivity index (χ3v) is 3.05. The third-order valence-electron chi connectivity index (χ3n) is 3.05. The molecule has 1 aliphatic rings. The first-order chi connectivity index (χ1) is 8.90. The van der Waals surface area contributed by atoms with E-state index in [9.17, 15) is 18.0 Å². The fourth-order valence-electron chi connectivity index (χ4n) is 2.20. The number of carbonyl (C=O) groups is 1. The molecule has 0 radical (unpaired) electrons. The van der Waals surface area contributed by atoms with E-state index < -0.39 is 6.36 Å². The van der Waals surface area contributed by atoms with Gasteiger partial charge in [0.05, 0.1) is 5.92 Å². The number of anilines is 1. The van der Waals surface area contributed by atoms with E-state index in [4.69, 9.17) is 0 Å². The summed E-state index contributed by atoms with van der Waals surface area (Å²) in [5.41, 5.74) is 1.15. The Morgan fingerprint density at radius 2 is 2.11 bits per heavy atom. The van der Waals surface area contributed by atoms with Crippen LogP contribution < -0.4 is 10.1 Å². The summed E-state index contributed by atoms with van der Waals surface area (Å²) in [6.45, 7) is 2.00. The molecule has 1 unspecified atom stereocenters. The molecule has 19 heavy (non-hydrogen) atoms. The van der Waals surface area contributed by atoms with Gasteiger partial charge >= 0.3 is 6.36 Å². The average Bonchev–Trinajstić information content (AvgIpc) is 2.60. The molecule has 1 atom stereocenters. The minimum absolute atomic E-state index is 0.160. The number of nitrogens with one attached hydrogen (secondary N) is 1. The molecule has 0 fully saturated rings. The predicted molar refractivity (Wildman–Crippen MR) is 64.0 cm³/mol. The number of fused-ring (bicyclic) bond motifs is 1. The highest BCUT2D eigenvalue weighted by molar-refractivity contribution is 6.03. The quantitative estimate of drug-likeness (QED) is 0.905. The normalized spacial score (nSPS) is 18.1. The van der Waals surface area contributed by atoms with E-state index in [1.165, 1.54) is 18.2 Å². The maximum Gasteiger partial charge on any atom is 0.573 e. The molecule has 1 N–H and O–H groups in total. The first-order valence-corrected chi connectivity index (χ1v) is 6.11. The summed E-state index contributed by atoms with van der Waals surface area (Å²) in [6, 6.07) is 3.94. The van der Waals surface area contributed by atoms with Crippen LogP contribution in [0.15, 0.2) is 18.2 Å². The first kappa shape index (κ1) is 13.7. The Kier molecular flexibility index (Phi) is 3.68. The van der Waals surface area contributed by atoms with Crippen LogP contribution >= 0.6 is 0 Å². The van der Waals surface area contributed by atoms with E-state index in [0.29, 0.717) is 17.7 Å². The van der Waals surface area contributed by atoms with Crippen molar-refractivity contribution >= 4 is 11.6 Å². The summed E-state index contributed by atoms with van der Waals surface area (Å²) >= 11 is 0. The van der Waals surface area contributed by atoms with Crippen molar-refractivity contribution in [2.24, 2.45) is 0 Å². The van der Waals surface area contributed by atoms with E-state index >= 15 is 0 Å². The number of unbranched alkanes of at least 4 members (excludes halogenated alkanes) is 1. The Labute approximate surface area is 108 Å². The van der Waals surface area contributed by atoms with Crippen molar-refractivity contribution in [1.82, 2.24) is 0 Å². The van der Waals surface area contributed by atoms with Crippen molar-refractivity contribution in [3.63, 3.8) is 0 Å². The molecule has 0 bridgehead atoms. The molecule has 1 aromatic carbocycles. The van der Waals surface area contributed by atoms with Gasteiger partial charge in [-0.1, -0.05) is 19.8 Å². The minimum atomic E-state index is -4.72. The monoisotopic (exact) mass is 273 g/mol. The summed E-state index contributed by atoms with van der Waals surface area (Å²) in [4.78, 5) is 11.8. The van der Waals surface area contributed by atoms with Crippen LogP contribution in [0, 0.1) is 0 Å². The van der Waals surface area contributed by atoms with Gasteiger partial charge in [-0.15, -0.1) is 13.2 Å². The minimum Gasteiger partial charge on any atom is -0.406 e. The maximum absolute atomic E-state index is 12.2. The van der Waals surface area contributed by atoms with Crippen molar-refractivity contribution < 1.29 is 22.7 Å². The van der Waals surface area contributed by atoms with Gasteiger partial charge < -0.3 is 10.1 Å². The molecule has 6 heteroatoms. The van der Waals surface area contributed by atoms with Crippen LogP contribution in [0.2, 0.25) is 0 Å². The van der Waals surface area contributed by atoms with E-state index in [-0.39, 0.29) is 17.6 Å². The van der Waals surface area contributed by atoms with Gasteiger partial charge in [0.1, 0.15) is 5.75 Å². The zero-order chi connectivity index (χ0) is 14.0. The summed E-state index contributed by atoms with van der Waals surface area (Å²) in [5, 5.41) is 2.67. The van der Waals surface area contributed by atoms with Gasteiger partial charge in [0.15, 0.2) is 0 Å². The van der Waals surface area contributed by atoms with Gasteiger partial charge in [-0.25, -0.2) is 0 Å². The summed E-state index contributed by atoms with van der Waals surface area (Å²) < 4.78 is 40.4. The molecule has 2 rings (SSSR count). The lowest BCUT2D eigenvalue weighted by Crippen LogP contribution is -2.17. The number of carbonyl (C=O) groups excluding carboxylic acids is 1. The Bertz CT molecular complexity index is 485. The molecule has 3 nitrogen and oxygen atoms in total. The molecule has 1 heterocycles. The molecule has 0 aliphatic carbocycles. The summed E-state index contributed by atoms with van der Waals surface area (Å²) in [5.74, 6) is -0.830. The van der Waals surface area contributed by atoms with Crippen molar-refractivity contribution in [2.45, 2.75) is 38.5 Å².